The Bertz CT molecular complexity index is 552. The molecule has 0 saturated heterocycles. The van der Waals surface area contributed by atoms with Crippen LogP contribution in [0, 0.1) is 6.92 Å². The maximum absolute atomic E-state index is 5.83. The van der Waals surface area contributed by atoms with Crippen LogP contribution in [0.1, 0.15) is 25.2 Å². The molecule has 0 spiro atoms. The number of aromatic nitrogens is 3. The van der Waals surface area contributed by atoms with Crippen LogP contribution in [0.3, 0.4) is 0 Å². The molecule has 2 heterocycles. The Kier molecular flexibility index (Phi) is 4.45. The van der Waals surface area contributed by atoms with E-state index in [-0.39, 0.29) is 0 Å². The first kappa shape index (κ1) is 13.9. The van der Waals surface area contributed by atoms with Gasteiger partial charge < -0.3 is 5.32 Å². The van der Waals surface area contributed by atoms with Crippen LogP contribution in [-0.2, 0) is 6.54 Å². The molecule has 0 unspecified atom stereocenters. The van der Waals surface area contributed by atoms with Crippen LogP contribution in [-0.4, -0.2) is 21.0 Å². The lowest BCUT2D eigenvalue weighted by molar-refractivity contribution is 0.580. The van der Waals surface area contributed by atoms with Crippen LogP contribution in [0.4, 0.5) is 0 Å². The van der Waals surface area contributed by atoms with Gasteiger partial charge in [0.25, 0.3) is 0 Å². The fraction of sp³-hybridized carbons (Fsp3) is 0.357. The summed E-state index contributed by atoms with van der Waals surface area (Å²) in [5.41, 5.74) is 2.63. The van der Waals surface area contributed by atoms with Crippen molar-refractivity contribution in [3.05, 3.63) is 40.8 Å². The molecule has 4 nitrogen and oxygen atoms in total. The number of aryl methyl sites for hydroxylation is 1. The second-order valence-electron chi connectivity index (χ2n) is 4.72. The van der Waals surface area contributed by atoms with Crippen molar-refractivity contribution in [1.82, 2.24) is 20.3 Å². The van der Waals surface area contributed by atoms with E-state index in [1.54, 1.807) is 12.3 Å². The number of hydrogen-bond donors (Lipinski definition) is 1. The minimum Gasteiger partial charge on any atom is -0.309 e. The standard InChI is InChI=1S/C14H17ClN4/c1-9(2)16-8-12-6-10(3)18-14(19-12)13-5-4-11(15)7-17-13/h4-7,9,16H,8H2,1-3H3. The van der Waals surface area contributed by atoms with Gasteiger partial charge in [-0.15, -0.1) is 0 Å². The monoisotopic (exact) mass is 276 g/mol. The van der Waals surface area contributed by atoms with Crippen molar-refractivity contribution in [3.63, 3.8) is 0 Å². The van der Waals surface area contributed by atoms with E-state index in [1.807, 2.05) is 19.1 Å². The predicted octanol–water partition coefficient (Wildman–Crippen LogP) is 3.00. The number of halogens is 1. The van der Waals surface area contributed by atoms with E-state index in [9.17, 15) is 0 Å². The Balaban J connectivity index is 2.28. The third kappa shape index (κ3) is 3.98. The molecule has 5 heteroatoms. The highest BCUT2D eigenvalue weighted by Gasteiger charge is 2.06. The van der Waals surface area contributed by atoms with Crippen LogP contribution < -0.4 is 5.32 Å². The predicted molar refractivity (Wildman–Crippen MR) is 77.0 cm³/mol. The van der Waals surface area contributed by atoms with E-state index in [2.05, 4.69) is 34.1 Å². The average Bonchev–Trinajstić information content (AvgIpc) is 2.36. The maximum Gasteiger partial charge on any atom is 0.178 e. The zero-order valence-electron chi connectivity index (χ0n) is 11.3. The van der Waals surface area contributed by atoms with Crippen LogP contribution in [0.15, 0.2) is 24.4 Å². The number of nitrogens with one attached hydrogen (secondary N) is 1. The summed E-state index contributed by atoms with van der Waals surface area (Å²) >= 11 is 5.83. The Hall–Kier alpha value is -1.52. The summed E-state index contributed by atoms with van der Waals surface area (Å²) in [7, 11) is 0. The largest absolute Gasteiger partial charge is 0.309 e. The lowest BCUT2D eigenvalue weighted by Crippen LogP contribution is -2.22. The number of rotatable bonds is 4. The fourth-order valence-corrected chi connectivity index (χ4v) is 1.77. The molecule has 0 bridgehead atoms. The first-order valence-corrected chi connectivity index (χ1v) is 6.62. The Morgan fingerprint density at radius 2 is 2.05 bits per heavy atom. The summed E-state index contributed by atoms with van der Waals surface area (Å²) in [5, 5.41) is 3.95. The molecule has 2 rings (SSSR count). The highest BCUT2D eigenvalue weighted by molar-refractivity contribution is 6.30. The molecular weight excluding hydrogens is 260 g/mol. The summed E-state index contributed by atoms with van der Waals surface area (Å²) in [6.07, 6.45) is 1.61. The summed E-state index contributed by atoms with van der Waals surface area (Å²) < 4.78 is 0. The lowest BCUT2D eigenvalue weighted by atomic mass is 10.2. The molecule has 0 aromatic carbocycles. The molecule has 0 radical (unpaired) electrons. The van der Waals surface area contributed by atoms with E-state index in [4.69, 9.17) is 11.6 Å². The van der Waals surface area contributed by atoms with Crippen molar-refractivity contribution >= 4 is 11.6 Å². The summed E-state index contributed by atoms with van der Waals surface area (Å²) in [4.78, 5) is 13.2. The quantitative estimate of drug-likeness (QED) is 0.933. The smallest absolute Gasteiger partial charge is 0.178 e. The molecule has 0 aliphatic carbocycles. The fourth-order valence-electron chi connectivity index (χ4n) is 1.66. The van der Waals surface area contributed by atoms with Crippen LogP contribution in [0.5, 0.6) is 0 Å². The second-order valence-corrected chi connectivity index (χ2v) is 5.16. The number of hydrogen-bond acceptors (Lipinski definition) is 4. The van der Waals surface area contributed by atoms with Crippen molar-refractivity contribution < 1.29 is 0 Å². The summed E-state index contributed by atoms with van der Waals surface area (Å²) in [5.74, 6) is 0.636. The Morgan fingerprint density at radius 3 is 2.68 bits per heavy atom. The minimum atomic E-state index is 0.423. The highest BCUT2D eigenvalue weighted by Crippen LogP contribution is 2.15. The van der Waals surface area contributed by atoms with Crippen molar-refractivity contribution in [3.8, 4) is 11.5 Å². The SMILES string of the molecule is Cc1cc(CNC(C)C)nc(-c2ccc(Cl)cn2)n1. The maximum atomic E-state index is 5.83. The highest BCUT2D eigenvalue weighted by atomic mass is 35.5. The molecule has 0 aliphatic heterocycles. The van der Waals surface area contributed by atoms with Gasteiger partial charge in [0, 0.05) is 24.5 Å². The van der Waals surface area contributed by atoms with E-state index in [0.717, 1.165) is 23.6 Å². The molecule has 0 atom stereocenters. The first-order valence-electron chi connectivity index (χ1n) is 6.24. The molecule has 0 amide bonds. The van der Waals surface area contributed by atoms with Crippen molar-refractivity contribution in [1.29, 1.82) is 0 Å². The van der Waals surface area contributed by atoms with E-state index in [0.29, 0.717) is 16.9 Å². The van der Waals surface area contributed by atoms with Crippen molar-refractivity contribution in [2.45, 2.75) is 33.4 Å². The molecule has 19 heavy (non-hydrogen) atoms. The summed E-state index contributed by atoms with van der Waals surface area (Å²) in [6.45, 7) is 6.90. The van der Waals surface area contributed by atoms with Gasteiger partial charge in [0.2, 0.25) is 0 Å². The Labute approximate surface area is 118 Å². The first-order chi connectivity index (χ1) is 9.04. The molecular formula is C14H17ClN4. The van der Waals surface area contributed by atoms with Crippen LogP contribution in [0.2, 0.25) is 5.02 Å². The molecule has 0 fully saturated rings. The molecule has 1 N–H and O–H groups in total. The van der Waals surface area contributed by atoms with Gasteiger partial charge >= 0.3 is 0 Å². The van der Waals surface area contributed by atoms with Gasteiger partial charge in [0.1, 0.15) is 5.69 Å². The van der Waals surface area contributed by atoms with Crippen molar-refractivity contribution in [2.24, 2.45) is 0 Å². The molecule has 0 saturated carbocycles. The zero-order chi connectivity index (χ0) is 13.8. The minimum absolute atomic E-state index is 0.423. The lowest BCUT2D eigenvalue weighted by Gasteiger charge is -2.09. The number of pyridine rings is 1. The topological polar surface area (TPSA) is 50.7 Å². The molecule has 2 aromatic heterocycles. The van der Waals surface area contributed by atoms with Gasteiger partial charge in [0.15, 0.2) is 5.82 Å². The van der Waals surface area contributed by atoms with Gasteiger partial charge in [0.05, 0.1) is 10.7 Å². The van der Waals surface area contributed by atoms with Gasteiger partial charge in [-0.2, -0.15) is 0 Å². The van der Waals surface area contributed by atoms with Gasteiger partial charge in [-0.05, 0) is 25.1 Å². The van der Waals surface area contributed by atoms with Crippen LogP contribution in [0.25, 0.3) is 11.5 Å². The molecule has 0 aliphatic rings. The second kappa shape index (κ2) is 6.08. The van der Waals surface area contributed by atoms with E-state index < -0.39 is 0 Å². The van der Waals surface area contributed by atoms with Crippen LogP contribution >= 0.6 is 11.6 Å². The average molecular weight is 277 g/mol. The van der Waals surface area contributed by atoms with E-state index in [1.165, 1.54) is 0 Å². The summed E-state index contributed by atoms with van der Waals surface area (Å²) in [6, 6.07) is 6.03. The van der Waals surface area contributed by atoms with Gasteiger partial charge in [-0.25, -0.2) is 9.97 Å². The normalized spacial score (nSPS) is 11.0. The van der Waals surface area contributed by atoms with Crippen molar-refractivity contribution in [2.75, 3.05) is 0 Å². The third-order valence-corrected chi connectivity index (χ3v) is 2.78. The number of nitrogens with zero attached hydrogens (tertiary/aromatic N) is 3. The van der Waals surface area contributed by atoms with E-state index >= 15 is 0 Å². The zero-order valence-corrected chi connectivity index (χ0v) is 12.1. The molecule has 2 aromatic rings. The third-order valence-electron chi connectivity index (χ3n) is 2.56. The van der Waals surface area contributed by atoms with Gasteiger partial charge in [-0.3, -0.25) is 4.98 Å². The molecule has 100 valence electrons. The Morgan fingerprint density at radius 1 is 1.26 bits per heavy atom. The van der Waals surface area contributed by atoms with Gasteiger partial charge in [-0.1, -0.05) is 25.4 Å².